The number of rotatable bonds is 4. The Morgan fingerprint density at radius 3 is 2.50 bits per heavy atom. The Kier molecular flexibility index (Phi) is 5.15. The van der Waals surface area contributed by atoms with Gasteiger partial charge in [0.25, 0.3) is 0 Å². The van der Waals surface area contributed by atoms with E-state index in [1.165, 1.54) is 0 Å². The molecule has 0 aromatic heterocycles. The van der Waals surface area contributed by atoms with Crippen molar-refractivity contribution in [1.82, 2.24) is 5.06 Å². The number of allylic oxidation sites excluding steroid dienone is 1. The van der Waals surface area contributed by atoms with E-state index in [1.54, 1.807) is 5.06 Å². The zero-order chi connectivity index (χ0) is 12.0. The summed E-state index contributed by atoms with van der Waals surface area (Å²) in [6.45, 7) is 1.44. The van der Waals surface area contributed by atoms with Crippen LogP contribution in [0.2, 0.25) is 0 Å². The van der Waals surface area contributed by atoms with Gasteiger partial charge in [-0.2, -0.15) is 0 Å². The lowest BCUT2D eigenvalue weighted by molar-refractivity contribution is -0.187. The highest BCUT2D eigenvalue weighted by Crippen LogP contribution is 2.33. The average molecular weight is 249 g/mol. The second-order valence-corrected chi connectivity index (χ2v) is 5.34. The van der Waals surface area contributed by atoms with Crippen LogP contribution in [0.25, 0.3) is 0 Å². The molecule has 0 bridgehead atoms. The van der Waals surface area contributed by atoms with Crippen LogP contribution in [0.3, 0.4) is 0 Å². The van der Waals surface area contributed by atoms with Crippen molar-refractivity contribution in [3.63, 3.8) is 0 Å². The number of piperidine rings is 1. The van der Waals surface area contributed by atoms with Gasteiger partial charge in [-0.15, -0.1) is 5.06 Å². The van der Waals surface area contributed by atoms with E-state index >= 15 is 0 Å². The van der Waals surface area contributed by atoms with E-state index in [1.807, 2.05) is 0 Å². The third-order valence-corrected chi connectivity index (χ3v) is 2.82. The topological polar surface area (TPSA) is 87.1 Å². The van der Waals surface area contributed by atoms with Crippen LogP contribution in [-0.4, -0.2) is 40.1 Å². The lowest BCUT2D eigenvalue weighted by atomic mass is 10.2. The molecule has 1 fully saturated rings. The van der Waals surface area contributed by atoms with Gasteiger partial charge >= 0.3 is 13.6 Å². The first-order valence-electron chi connectivity index (χ1n) is 5.15. The van der Waals surface area contributed by atoms with Crippen LogP contribution in [0.5, 0.6) is 0 Å². The first-order chi connectivity index (χ1) is 7.47. The molecular formula is C9H16NO5P. The first-order valence-corrected chi connectivity index (χ1v) is 6.95. The molecule has 2 N–H and O–H groups in total. The quantitative estimate of drug-likeness (QED) is 0.562. The fraction of sp³-hybridized carbons (Fsp3) is 0.667. The Balaban J connectivity index is 2.27. The normalized spacial score (nSPS) is 18.9. The van der Waals surface area contributed by atoms with Crippen molar-refractivity contribution in [1.29, 1.82) is 0 Å². The van der Waals surface area contributed by atoms with Crippen LogP contribution >= 0.6 is 7.60 Å². The lowest BCUT2D eigenvalue weighted by Crippen LogP contribution is -2.31. The number of hydrogen-bond acceptors (Lipinski definition) is 4. The Hall–Kier alpha value is -0.680. The highest BCUT2D eigenvalue weighted by atomic mass is 31.2. The lowest BCUT2D eigenvalue weighted by Gasteiger charge is -2.24. The van der Waals surface area contributed by atoms with Crippen molar-refractivity contribution in [3.05, 3.63) is 12.2 Å². The van der Waals surface area contributed by atoms with Crippen molar-refractivity contribution < 1.29 is 24.0 Å². The van der Waals surface area contributed by atoms with E-state index in [0.29, 0.717) is 0 Å². The van der Waals surface area contributed by atoms with Gasteiger partial charge in [0.05, 0.1) is 6.16 Å². The summed E-state index contributed by atoms with van der Waals surface area (Å²) in [5.74, 6) is -0.588. The van der Waals surface area contributed by atoms with Crippen molar-refractivity contribution in [3.8, 4) is 0 Å². The molecular weight excluding hydrogens is 233 g/mol. The number of carbonyl (C=O) groups is 1. The van der Waals surface area contributed by atoms with Crippen molar-refractivity contribution in [2.24, 2.45) is 0 Å². The summed E-state index contributed by atoms with van der Waals surface area (Å²) in [5.41, 5.74) is 0. The second-order valence-electron chi connectivity index (χ2n) is 3.65. The fourth-order valence-electron chi connectivity index (χ4n) is 1.40. The molecule has 0 saturated carbocycles. The molecule has 0 atom stereocenters. The van der Waals surface area contributed by atoms with Crippen molar-refractivity contribution in [2.45, 2.75) is 19.3 Å². The molecule has 0 spiro atoms. The number of nitrogens with zero attached hydrogens (tertiary/aromatic N) is 1. The molecule has 0 aliphatic carbocycles. The van der Waals surface area contributed by atoms with E-state index in [-0.39, 0.29) is 0 Å². The van der Waals surface area contributed by atoms with Gasteiger partial charge in [0, 0.05) is 19.2 Å². The smallest absolute Gasteiger partial charge is 0.349 e. The Morgan fingerprint density at radius 2 is 1.94 bits per heavy atom. The van der Waals surface area contributed by atoms with Crippen LogP contribution in [0.1, 0.15) is 19.3 Å². The minimum Gasteiger partial charge on any atom is -0.364 e. The summed E-state index contributed by atoms with van der Waals surface area (Å²) < 4.78 is 10.5. The van der Waals surface area contributed by atoms with Crippen LogP contribution < -0.4 is 0 Å². The third-order valence-electron chi connectivity index (χ3n) is 2.13. The summed E-state index contributed by atoms with van der Waals surface area (Å²) in [6, 6.07) is 0. The minimum atomic E-state index is -4.07. The maximum absolute atomic E-state index is 11.2. The molecule has 1 aliphatic heterocycles. The molecule has 7 heteroatoms. The summed E-state index contributed by atoms with van der Waals surface area (Å²) in [6.07, 6.45) is 4.88. The molecule has 1 heterocycles. The Morgan fingerprint density at radius 1 is 1.31 bits per heavy atom. The average Bonchev–Trinajstić information content (AvgIpc) is 2.17. The van der Waals surface area contributed by atoms with Crippen LogP contribution in [0, 0.1) is 0 Å². The van der Waals surface area contributed by atoms with Crippen molar-refractivity contribution >= 4 is 13.6 Å². The van der Waals surface area contributed by atoms with Gasteiger partial charge in [0.1, 0.15) is 0 Å². The summed E-state index contributed by atoms with van der Waals surface area (Å²) in [5, 5.41) is 1.58. The summed E-state index contributed by atoms with van der Waals surface area (Å²) in [7, 11) is -4.07. The third kappa shape index (κ3) is 6.02. The highest BCUT2D eigenvalue weighted by Gasteiger charge is 2.14. The maximum atomic E-state index is 11.2. The van der Waals surface area contributed by atoms with E-state index < -0.39 is 19.7 Å². The minimum absolute atomic E-state index is 0.442. The van der Waals surface area contributed by atoms with Crippen molar-refractivity contribution in [2.75, 3.05) is 19.3 Å². The Bertz CT molecular complexity index is 305. The standard InChI is InChI=1S/C9H16NO5P/c11-9(5-4-8-16(12,13)14)15-10-6-2-1-3-7-10/h4-5H,1-3,6-8H2,(H2,12,13,14). The SMILES string of the molecule is O=C(C=CCP(=O)(O)O)ON1CCCCC1. The monoisotopic (exact) mass is 249 g/mol. The largest absolute Gasteiger partial charge is 0.364 e. The van der Waals surface area contributed by atoms with Crippen LogP contribution in [0.4, 0.5) is 0 Å². The molecule has 0 aromatic carbocycles. The van der Waals surface area contributed by atoms with Gasteiger partial charge in [-0.1, -0.05) is 12.5 Å². The van der Waals surface area contributed by atoms with Gasteiger partial charge in [-0.3, -0.25) is 4.57 Å². The number of hydrogen-bond donors (Lipinski definition) is 2. The second kappa shape index (κ2) is 6.15. The molecule has 0 unspecified atom stereocenters. The predicted octanol–water partition coefficient (Wildman–Crippen LogP) is 0.664. The van der Waals surface area contributed by atoms with Gasteiger partial charge in [0.2, 0.25) is 0 Å². The van der Waals surface area contributed by atoms with Gasteiger partial charge in [-0.05, 0) is 12.8 Å². The molecule has 92 valence electrons. The van der Waals surface area contributed by atoms with Crippen LogP contribution in [-0.2, 0) is 14.2 Å². The van der Waals surface area contributed by atoms with E-state index in [2.05, 4.69) is 0 Å². The maximum Gasteiger partial charge on any atom is 0.349 e. The first kappa shape index (κ1) is 13.4. The molecule has 1 saturated heterocycles. The molecule has 6 nitrogen and oxygen atoms in total. The van der Waals surface area contributed by atoms with Gasteiger partial charge in [-0.25, -0.2) is 4.79 Å². The zero-order valence-electron chi connectivity index (χ0n) is 8.91. The molecule has 1 aliphatic rings. The molecule has 0 aromatic rings. The molecule has 0 radical (unpaired) electrons. The van der Waals surface area contributed by atoms with E-state index in [4.69, 9.17) is 14.6 Å². The summed E-state index contributed by atoms with van der Waals surface area (Å²) >= 11 is 0. The number of carbonyl (C=O) groups excluding carboxylic acids is 1. The molecule has 16 heavy (non-hydrogen) atoms. The van der Waals surface area contributed by atoms with E-state index in [0.717, 1.165) is 44.5 Å². The van der Waals surface area contributed by atoms with E-state index in [9.17, 15) is 9.36 Å². The predicted molar refractivity (Wildman–Crippen MR) is 57.6 cm³/mol. The molecule has 0 amide bonds. The zero-order valence-corrected chi connectivity index (χ0v) is 9.81. The van der Waals surface area contributed by atoms with Gasteiger partial charge in [0.15, 0.2) is 0 Å². The Labute approximate surface area is 94.0 Å². The molecule has 1 rings (SSSR count). The summed E-state index contributed by atoms with van der Waals surface area (Å²) in [4.78, 5) is 33.3. The fourth-order valence-corrected chi connectivity index (χ4v) is 1.78. The van der Waals surface area contributed by atoms with Crippen LogP contribution in [0.15, 0.2) is 12.2 Å². The highest BCUT2D eigenvalue weighted by molar-refractivity contribution is 7.51. The van der Waals surface area contributed by atoms with Gasteiger partial charge < -0.3 is 14.6 Å². The number of hydroxylamine groups is 2.